The fourth-order valence-electron chi connectivity index (χ4n) is 1.99. The van der Waals surface area contributed by atoms with Crippen molar-refractivity contribution in [2.75, 3.05) is 25.6 Å². The van der Waals surface area contributed by atoms with Gasteiger partial charge in [-0.1, -0.05) is 29.8 Å². The van der Waals surface area contributed by atoms with E-state index in [-0.39, 0.29) is 5.91 Å². The van der Waals surface area contributed by atoms with E-state index >= 15 is 0 Å². The lowest BCUT2D eigenvalue weighted by molar-refractivity contribution is 0.0946. The lowest BCUT2D eigenvalue weighted by Gasteiger charge is -2.08. The molecule has 1 aromatic carbocycles. The minimum absolute atomic E-state index is 0.215. The zero-order valence-electron chi connectivity index (χ0n) is 13.5. The Labute approximate surface area is 136 Å². The molecule has 0 unspecified atom stereocenters. The zero-order valence-corrected chi connectivity index (χ0v) is 13.5. The predicted molar refractivity (Wildman–Crippen MR) is 89.4 cm³/mol. The maximum Gasteiger partial charge on any atom is 0.270 e. The second-order valence-electron chi connectivity index (χ2n) is 5.23. The van der Waals surface area contributed by atoms with Crippen LogP contribution in [0.3, 0.4) is 0 Å². The summed E-state index contributed by atoms with van der Waals surface area (Å²) in [7, 11) is 1.67. The number of aryl methyl sites for hydroxylation is 1. The molecule has 1 amide bonds. The van der Waals surface area contributed by atoms with Crippen LogP contribution in [0.1, 0.15) is 28.0 Å². The SMILES string of the molecule is COCCCNc1cc(C(=O)NCc2ccc(C)cc2)ncn1. The highest BCUT2D eigenvalue weighted by molar-refractivity contribution is 5.92. The maximum atomic E-state index is 12.2. The Morgan fingerprint density at radius 2 is 2.00 bits per heavy atom. The minimum atomic E-state index is -0.215. The van der Waals surface area contributed by atoms with Gasteiger partial charge in [-0.2, -0.15) is 0 Å². The normalized spacial score (nSPS) is 10.3. The molecule has 0 radical (unpaired) electrons. The van der Waals surface area contributed by atoms with Gasteiger partial charge in [-0.05, 0) is 18.9 Å². The summed E-state index contributed by atoms with van der Waals surface area (Å²) in [6.45, 7) is 3.92. The van der Waals surface area contributed by atoms with Gasteiger partial charge in [0, 0.05) is 32.9 Å². The number of rotatable bonds is 8. The first-order valence-corrected chi connectivity index (χ1v) is 7.57. The van der Waals surface area contributed by atoms with Crippen molar-refractivity contribution in [2.24, 2.45) is 0 Å². The number of aromatic nitrogens is 2. The highest BCUT2D eigenvalue weighted by atomic mass is 16.5. The summed E-state index contributed by atoms with van der Waals surface area (Å²) in [5.41, 5.74) is 2.59. The van der Waals surface area contributed by atoms with Crippen molar-refractivity contribution in [1.29, 1.82) is 0 Å². The molecular formula is C17H22N4O2. The molecule has 0 aliphatic heterocycles. The number of carbonyl (C=O) groups is 1. The summed E-state index contributed by atoms with van der Waals surface area (Å²) in [6.07, 6.45) is 2.26. The highest BCUT2D eigenvalue weighted by Gasteiger charge is 2.08. The molecule has 2 aromatic rings. The molecule has 23 heavy (non-hydrogen) atoms. The summed E-state index contributed by atoms with van der Waals surface area (Å²) in [4.78, 5) is 20.3. The Morgan fingerprint density at radius 3 is 2.74 bits per heavy atom. The Bertz CT molecular complexity index is 629. The first-order valence-electron chi connectivity index (χ1n) is 7.57. The third-order valence-electron chi connectivity index (χ3n) is 3.30. The van der Waals surface area contributed by atoms with Crippen LogP contribution in [0.25, 0.3) is 0 Å². The topological polar surface area (TPSA) is 76.1 Å². The molecular weight excluding hydrogens is 292 g/mol. The van der Waals surface area contributed by atoms with E-state index in [1.165, 1.54) is 11.9 Å². The first-order chi connectivity index (χ1) is 11.2. The van der Waals surface area contributed by atoms with Crippen LogP contribution in [-0.2, 0) is 11.3 Å². The fourth-order valence-corrected chi connectivity index (χ4v) is 1.99. The number of amides is 1. The van der Waals surface area contributed by atoms with E-state index in [0.29, 0.717) is 24.7 Å². The number of nitrogens with zero attached hydrogens (tertiary/aromatic N) is 2. The Hall–Kier alpha value is -2.47. The molecule has 0 saturated carbocycles. The second kappa shape index (κ2) is 8.85. The lowest BCUT2D eigenvalue weighted by atomic mass is 10.1. The molecule has 2 rings (SSSR count). The summed E-state index contributed by atoms with van der Waals surface area (Å²) in [5, 5.41) is 6.00. The molecule has 1 aromatic heterocycles. The van der Waals surface area contributed by atoms with Crippen LogP contribution in [0.2, 0.25) is 0 Å². The van der Waals surface area contributed by atoms with Crippen molar-refractivity contribution < 1.29 is 9.53 Å². The molecule has 0 bridgehead atoms. The van der Waals surface area contributed by atoms with E-state index < -0.39 is 0 Å². The van der Waals surface area contributed by atoms with Crippen LogP contribution in [-0.4, -0.2) is 36.1 Å². The van der Waals surface area contributed by atoms with E-state index in [1.807, 2.05) is 31.2 Å². The van der Waals surface area contributed by atoms with Crippen LogP contribution >= 0.6 is 0 Å². The van der Waals surface area contributed by atoms with Gasteiger partial charge in [0.2, 0.25) is 0 Å². The largest absolute Gasteiger partial charge is 0.385 e. The standard InChI is InChI=1S/C17H22N4O2/c1-13-4-6-14(7-5-13)11-19-17(22)15-10-16(21-12-20-15)18-8-3-9-23-2/h4-7,10,12H,3,8-9,11H2,1-2H3,(H,19,22)(H,18,20,21). The quantitative estimate of drug-likeness (QED) is 0.730. The molecule has 0 atom stereocenters. The van der Waals surface area contributed by atoms with Crippen LogP contribution in [0.4, 0.5) is 5.82 Å². The average molecular weight is 314 g/mol. The second-order valence-corrected chi connectivity index (χ2v) is 5.23. The van der Waals surface area contributed by atoms with Gasteiger partial charge >= 0.3 is 0 Å². The van der Waals surface area contributed by atoms with E-state index in [4.69, 9.17) is 4.74 Å². The Morgan fingerprint density at radius 1 is 1.22 bits per heavy atom. The molecule has 0 spiro atoms. The van der Waals surface area contributed by atoms with E-state index in [0.717, 1.165) is 18.5 Å². The van der Waals surface area contributed by atoms with Gasteiger partial charge in [-0.25, -0.2) is 9.97 Å². The molecule has 6 heteroatoms. The zero-order chi connectivity index (χ0) is 16.5. The van der Waals surface area contributed by atoms with Crippen LogP contribution in [0.5, 0.6) is 0 Å². The smallest absolute Gasteiger partial charge is 0.270 e. The van der Waals surface area contributed by atoms with Gasteiger partial charge in [0.25, 0.3) is 5.91 Å². The number of hydrogen-bond donors (Lipinski definition) is 2. The summed E-state index contributed by atoms with van der Waals surface area (Å²) in [6, 6.07) is 9.69. The molecule has 6 nitrogen and oxygen atoms in total. The Kier molecular flexibility index (Phi) is 6.50. The maximum absolute atomic E-state index is 12.2. The molecule has 2 N–H and O–H groups in total. The van der Waals surface area contributed by atoms with Crippen LogP contribution < -0.4 is 10.6 Å². The number of benzene rings is 1. The third kappa shape index (κ3) is 5.67. The predicted octanol–water partition coefficient (Wildman–Crippen LogP) is 2.16. The Balaban J connectivity index is 1.87. The van der Waals surface area contributed by atoms with Gasteiger partial charge in [-0.15, -0.1) is 0 Å². The van der Waals surface area contributed by atoms with Crippen molar-refractivity contribution in [3.8, 4) is 0 Å². The van der Waals surface area contributed by atoms with E-state index in [1.54, 1.807) is 13.2 Å². The lowest BCUT2D eigenvalue weighted by Crippen LogP contribution is -2.24. The number of methoxy groups -OCH3 is 1. The summed E-state index contributed by atoms with van der Waals surface area (Å²) in [5.74, 6) is 0.421. The highest BCUT2D eigenvalue weighted by Crippen LogP contribution is 2.06. The van der Waals surface area contributed by atoms with Crippen molar-refractivity contribution in [1.82, 2.24) is 15.3 Å². The third-order valence-corrected chi connectivity index (χ3v) is 3.30. The summed E-state index contributed by atoms with van der Waals surface area (Å²) >= 11 is 0. The summed E-state index contributed by atoms with van der Waals surface area (Å²) < 4.78 is 4.99. The van der Waals surface area contributed by atoms with Crippen molar-refractivity contribution >= 4 is 11.7 Å². The molecule has 122 valence electrons. The first kappa shape index (κ1) is 16.9. The molecule has 0 saturated heterocycles. The number of nitrogens with one attached hydrogen (secondary N) is 2. The minimum Gasteiger partial charge on any atom is -0.385 e. The van der Waals surface area contributed by atoms with Gasteiger partial charge in [0.15, 0.2) is 0 Å². The van der Waals surface area contributed by atoms with Crippen LogP contribution in [0.15, 0.2) is 36.7 Å². The molecule has 0 fully saturated rings. The molecule has 1 heterocycles. The molecule has 0 aliphatic rings. The van der Waals surface area contributed by atoms with Crippen molar-refractivity contribution in [2.45, 2.75) is 19.9 Å². The number of anilines is 1. The number of ether oxygens (including phenoxy) is 1. The average Bonchev–Trinajstić information content (AvgIpc) is 2.58. The van der Waals surface area contributed by atoms with Gasteiger partial charge in [0.05, 0.1) is 0 Å². The van der Waals surface area contributed by atoms with Gasteiger partial charge in [0.1, 0.15) is 17.8 Å². The van der Waals surface area contributed by atoms with Crippen molar-refractivity contribution in [3.63, 3.8) is 0 Å². The van der Waals surface area contributed by atoms with E-state index in [2.05, 4.69) is 20.6 Å². The van der Waals surface area contributed by atoms with Crippen molar-refractivity contribution in [3.05, 3.63) is 53.5 Å². The fraction of sp³-hybridized carbons (Fsp3) is 0.353. The monoisotopic (exact) mass is 314 g/mol. The van der Waals surface area contributed by atoms with Gasteiger partial charge < -0.3 is 15.4 Å². The van der Waals surface area contributed by atoms with E-state index in [9.17, 15) is 4.79 Å². The number of hydrogen-bond acceptors (Lipinski definition) is 5. The van der Waals surface area contributed by atoms with Crippen LogP contribution in [0, 0.1) is 6.92 Å². The molecule has 0 aliphatic carbocycles. The van der Waals surface area contributed by atoms with Gasteiger partial charge in [-0.3, -0.25) is 4.79 Å². The number of carbonyl (C=O) groups excluding carboxylic acids is 1.